The van der Waals surface area contributed by atoms with E-state index in [9.17, 15) is 19.2 Å². The maximum atomic E-state index is 13.6. The number of hydrogen-bond acceptors (Lipinski definition) is 5. The van der Waals surface area contributed by atoms with Crippen molar-refractivity contribution in [2.75, 3.05) is 5.32 Å². The van der Waals surface area contributed by atoms with E-state index in [1.165, 1.54) is 36.5 Å². The van der Waals surface area contributed by atoms with Gasteiger partial charge in [0, 0.05) is 4.88 Å². The molecule has 28 heavy (non-hydrogen) atoms. The summed E-state index contributed by atoms with van der Waals surface area (Å²) in [4.78, 5) is 25.6. The standard InChI is InChI=1S/C21H21FN2O3S/c1-13(27-19(25)11-14-7-5-6-9-17(14)22)20(26)24-21-16(12-23)15-8-3-2-4-10-18(15)28-21/h5-7,9,13H,2-4,8,10-11H2,1H3,(H,24,26)/t13-/m0/s1. The molecular formula is C21H21FN2O3S. The highest BCUT2D eigenvalue weighted by atomic mass is 32.1. The van der Waals surface area contributed by atoms with E-state index in [0.29, 0.717) is 10.6 Å². The van der Waals surface area contributed by atoms with Crippen LogP contribution < -0.4 is 5.32 Å². The topological polar surface area (TPSA) is 79.2 Å². The van der Waals surface area contributed by atoms with E-state index >= 15 is 0 Å². The minimum atomic E-state index is -1.05. The van der Waals surface area contributed by atoms with Crippen molar-refractivity contribution in [2.45, 2.75) is 51.6 Å². The van der Waals surface area contributed by atoms with Crippen LogP contribution in [0.3, 0.4) is 0 Å². The molecule has 7 heteroatoms. The van der Waals surface area contributed by atoms with Crippen LogP contribution in [0, 0.1) is 17.1 Å². The number of benzene rings is 1. The van der Waals surface area contributed by atoms with Gasteiger partial charge in [0.05, 0.1) is 12.0 Å². The van der Waals surface area contributed by atoms with Gasteiger partial charge in [0.2, 0.25) is 0 Å². The Balaban J connectivity index is 1.64. The maximum absolute atomic E-state index is 13.6. The van der Waals surface area contributed by atoms with Gasteiger partial charge in [-0.15, -0.1) is 11.3 Å². The third-order valence-corrected chi connectivity index (χ3v) is 5.95. The smallest absolute Gasteiger partial charge is 0.311 e. The summed E-state index contributed by atoms with van der Waals surface area (Å²) < 4.78 is 18.8. The van der Waals surface area contributed by atoms with Gasteiger partial charge in [0.1, 0.15) is 16.9 Å². The lowest BCUT2D eigenvalue weighted by Gasteiger charge is -2.13. The van der Waals surface area contributed by atoms with Crippen LogP contribution in [0.2, 0.25) is 0 Å². The number of anilines is 1. The van der Waals surface area contributed by atoms with E-state index in [2.05, 4.69) is 11.4 Å². The zero-order valence-electron chi connectivity index (χ0n) is 15.6. The van der Waals surface area contributed by atoms with Crippen LogP contribution in [0.5, 0.6) is 0 Å². The van der Waals surface area contributed by atoms with Crippen molar-refractivity contribution >= 4 is 28.2 Å². The molecule has 0 saturated carbocycles. The van der Waals surface area contributed by atoms with Gasteiger partial charge in [0.15, 0.2) is 6.10 Å². The molecule has 0 spiro atoms. The number of esters is 1. The number of carbonyl (C=O) groups is 2. The molecule has 1 amide bonds. The first-order valence-corrected chi connectivity index (χ1v) is 10.1. The van der Waals surface area contributed by atoms with Crippen LogP contribution in [-0.4, -0.2) is 18.0 Å². The van der Waals surface area contributed by atoms with Crippen molar-refractivity contribution in [2.24, 2.45) is 0 Å². The predicted octanol–water partition coefficient (Wildman–Crippen LogP) is 4.14. The number of ether oxygens (including phenoxy) is 1. The second kappa shape index (κ2) is 8.98. The number of aryl methyl sites for hydroxylation is 1. The van der Waals surface area contributed by atoms with Crippen LogP contribution in [0.25, 0.3) is 0 Å². The number of nitrogens with one attached hydrogen (secondary N) is 1. The van der Waals surface area contributed by atoms with Gasteiger partial charge >= 0.3 is 5.97 Å². The molecule has 146 valence electrons. The highest BCUT2D eigenvalue weighted by molar-refractivity contribution is 7.16. The van der Waals surface area contributed by atoms with Crippen molar-refractivity contribution in [1.29, 1.82) is 5.26 Å². The fraction of sp³-hybridized carbons (Fsp3) is 0.381. The Morgan fingerprint density at radius 3 is 2.79 bits per heavy atom. The Morgan fingerprint density at radius 2 is 2.04 bits per heavy atom. The predicted molar refractivity (Wildman–Crippen MR) is 105 cm³/mol. The molecule has 0 saturated heterocycles. The first-order valence-electron chi connectivity index (χ1n) is 9.28. The van der Waals surface area contributed by atoms with Crippen LogP contribution in [0.15, 0.2) is 24.3 Å². The maximum Gasteiger partial charge on any atom is 0.311 e. The van der Waals surface area contributed by atoms with Gasteiger partial charge < -0.3 is 10.1 Å². The monoisotopic (exact) mass is 400 g/mol. The van der Waals surface area contributed by atoms with Crippen molar-refractivity contribution in [3.05, 3.63) is 51.7 Å². The summed E-state index contributed by atoms with van der Waals surface area (Å²) in [5, 5.41) is 12.8. The quantitative estimate of drug-likeness (QED) is 0.604. The summed E-state index contributed by atoms with van der Waals surface area (Å²) in [7, 11) is 0. The Hall–Kier alpha value is -2.72. The molecule has 1 N–H and O–H groups in total. The number of amides is 1. The number of thiophene rings is 1. The minimum absolute atomic E-state index is 0.217. The molecule has 1 aromatic heterocycles. The molecule has 0 bridgehead atoms. The lowest BCUT2D eigenvalue weighted by molar-refractivity contribution is -0.152. The van der Waals surface area contributed by atoms with Crippen molar-refractivity contribution < 1.29 is 18.7 Å². The molecular weight excluding hydrogens is 379 g/mol. The number of fused-ring (bicyclic) bond motifs is 1. The molecule has 3 rings (SSSR count). The molecule has 1 atom stereocenters. The Kier molecular flexibility index (Phi) is 6.42. The average molecular weight is 400 g/mol. The third-order valence-electron chi connectivity index (χ3n) is 4.74. The number of nitrogens with zero attached hydrogens (tertiary/aromatic N) is 1. The SMILES string of the molecule is C[C@H](OC(=O)Cc1ccccc1F)C(=O)Nc1sc2c(c1C#N)CCCCC2. The molecule has 0 fully saturated rings. The summed E-state index contributed by atoms with van der Waals surface area (Å²) in [5.74, 6) is -1.68. The summed E-state index contributed by atoms with van der Waals surface area (Å²) >= 11 is 1.42. The highest BCUT2D eigenvalue weighted by Gasteiger charge is 2.24. The third kappa shape index (κ3) is 4.57. The summed E-state index contributed by atoms with van der Waals surface area (Å²) in [6.45, 7) is 1.46. The van der Waals surface area contributed by atoms with E-state index in [4.69, 9.17) is 4.74 Å². The molecule has 1 aromatic carbocycles. The second-order valence-electron chi connectivity index (χ2n) is 6.77. The Labute approximate surface area is 167 Å². The number of rotatable bonds is 5. The van der Waals surface area contributed by atoms with Gasteiger partial charge in [-0.3, -0.25) is 9.59 Å². The van der Waals surface area contributed by atoms with Crippen LogP contribution >= 0.6 is 11.3 Å². The van der Waals surface area contributed by atoms with Crippen molar-refractivity contribution in [3.63, 3.8) is 0 Å². The number of halogens is 1. The highest BCUT2D eigenvalue weighted by Crippen LogP contribution is 2.37. The molecule has 5 nitrogen and oxygen atoms in total. The van der Waals surface area contributed by atoms with Crippen LogP contribution in [0.1, 0.15) is 47.8 Å². The van der Waals surface area contributed by atoms with E-state index in [1.807, 2.05) is 0 Å². The fourth-order valence-corrected chi connectivity index (χ4v) is 4.49. The first-order chi connectivity index (χ1) is 13.5. The summed E-state index contributed by atoms with van der Waals surface area (Å²) in [6, 6.07) is 8.14. The van der Waals surface area contributed by atoms with Gasteiger partial charge in [-0.2, -0.15) is 5.26 Å². The van der Waals surface area contributed by atoms with Crippen LogP contribution in [0.4, 0.5) is 9.39 Å². The van der Waals surface area contributed by atoms with Gasteiger partial charge in [-0.1, -0.05) is 24.6 Å². The normalized spacial score (nSPS) is 14.3. The van der Waals surface area contributed by atoms with Crippen LogP contribution in [-0.2, 0) is 33.6 Å². The van der Waals surface area contributed by atoms with E-state index < -0.39 is 23.8 Å². The van der Waals surface area contributed by atoms with Gasteiger partial charge in [-0.05, 0) is 49.8 Å². The zero-order valence-corrected chi connectivity index (χ0v) is 16.4. The average Bonchev–Trinajstić information content (AvgIpc) is 2.83. The van der Waals surface area contributed by atoms with Gasteiger partial charge in [0.25, 0.3) is 5.91 Å². The molecule has 0 radical (unpaired) electrons. The fourth-order valence-electron chi connectivity index (χ4n) is 3.25. The minimum Gasteiger partial charge on any atom is -0.452 e. The van der Waals surface area contributed by atoms with Crippen molar-refractivity contribution in [3.8, 4) is 6.07 Å². The lowest BCUT2D eigenvalue weighted by atomic mass is 10.1. The molecule has 2 aromatic rings. The Morgan fingerprint density at radius 1 is 1.29 bits per heavy atom. The summed E-state index contributed by atoms with van der Waals surface area (Å²) in [6.07, 6.45) is 3.72. The zero-order chi connectivity index (χ0) is 20.1. The number of hydrogen-bond donors (Lipinski definition) is 1. The largest absolute Gasteiger partial charge is 0.452 e. The second-order valence-corrected chi connectivity index (χ2v) is 7.88. The lowest BCUT2D eigenvalue weighted by Crippen LogP contribution is -2.30. The van der Waals surface area contributed by atoms with E-state index in [-0.39, 0.29) is 12.0 Å². The van der Waals surface area contributed by atoms with Crippen molar-refractivity contribution in [1.82, 2.24) is 0 Å². The Bertz CT molecular complexity index is 932. The van der Waals surface area contributed by atoms with E-state index in [1.54, 1.807) is 6.07 Å². The van der Waals surface area contributed by atoms with E-state index in [0.717, 1.165) is 42.5 Å². The number of carbonyl (C=O) groups excluding carboxylic acids is 2. The molecule has 0 aliphatic heterocycles. The summed E-state index contributed by atoms with van der Waals surface area (Å²) in [5.41, 5.74) is 1.76. The first kappa shape index (κ1) is 20.0. The molecule has 1 heterocycles. The van der Waals surface area contributed by atoms with Gasteiger partial charge in [-0.25, -0.2) is 4.39 Å². The number of nitriles is 1. The molecule has 1 aliphatic rings. The molecule has 1 aliphatic carbocycles. The molecule has 0 unspecified atom stereocenters.